The van der Waals surface area contributed by atoms with Crippen LogP contribution in [0.4, 0.5) is 13.2 Å². The van der Waals surface area contributed by atoms with Gasteiger partial charge in [-0.2, -0.15) is 13.2 Å². The summed E-state index contributed by atoms with van der Waals surface area (Å²) in [6, 6.07) is 7.62. The predicted molar refractivity (Wildman–Crippen MR) is 57.9 cm³/mol. The summed E-state index contributed by atoms with van der Waals surface area (Å²) in [5, 5.41) is 0. The zero-order chi connectivity index (χ0) is 13.2. The molecule has 0 atom stereocenters. The van der Waals surface area contributed by atoms with Gasteiger partial charge in [0, 0.05) is 17.3 Å². The minimum absolute atomic E-state index is 0.0695. The largest absolute Gasteiger partial charge is 0.451 e. The van der Waals surface area contributed by atoms with Crippen LogP contribution in [-0.2, 0) is 6.18 Å². The van der Waals surface area contributed by atoms with E-state index in [1.165, 1.54) is 18.2 Å². The van der Waals surface area contributed by atoms with E-state index in [2.05, 4.69) is 9.97 Å². The lowest BCUT2D eigenvalue weighted by atomic mass is 10.1. The van der Waals surface area contributed by atoms with Gasteiger partial charge in [-0.3, -0.25) is 4.79 Å². The molecule has 2 rings (SSSR count). The van der Waals surface area contributed by atoms with Gasteiger partial charge in [0.15, 0.2) is 6.29 Å². The minimum Gasteiger partial charge on any atom is -0.298 e. The summed E-state index contributed by atoms with van der Waals surface area (Å²) < 4.78 is 37.4. The summed E-state index contributed by atoms with van der Waals surface area (Å²) in [6.45, 7) is 0. The number of aldehydes is 1. The first-order valence-corrected chi connectivity index (χ1v) is 4.97. The van der Waals surface area contributed by atoms with Crippen molar-refractivity contribution >= 4 is 6.29 Å². The normalized spacial score (nSPS) is 11.3. The van der Waals surface area contributed by atoms with Gasteiger partial charge in [-0.1, -0.05) is 24.3 Å². The Hall–Kier alpha value is -2.24. The molecule has 0 aliphatic rings. The molecule has 0 aliphatic heterocycles. The van der Waals surface area contributed by atoms with Crippen LogP contribution in [0.2, 0.25) is 0 Å². The first kappa shape index (κ1) is 12.2. The maximum absolute atomic E-state index is 12.5. The topological polar surface area (TPSA) is 42.9 Å². The highest BCUT2D eigenvalue weighted by Gasteiger charge is 2.34. The lowest BCUT2D eigenvalue weighted by Gasteiger charge is -2.07. The highest BCUT2D eigenvalue weighted by atomic mass is 19.4. The molecule has 0 bridgehead atoms. The molecule has 18 heavy (non-hydrogen) atoms. The van der Waals surface area contributed by atoms with Crippen molar-refractivity contribution in [3.63, 3.8) is 0 Å². The molecule has 0 fully saturated rings. The molecule has 1 heterocycles. The van der Waals surface area contributed by atoms with Crippen LogP contribution in [0.5, 0.6) is 0 Å². The van der Waals surface area contributed by atoms with Gasteiger partial charge in [0.05, 0.1) is 5.69 Å². The van der Waals surface area contributed by atoms with Gasteiger partial charge < -0.3 is 0 Å². The lowest BCUT2D eigenvalue weighted by molar-refractivity contribution is -0.144. The van der Waals surface area contributed by atoms with Crippen LogP contribution < -0.4 is 0 Å². The Morgan fingerprint density at radius 1 is 1.11 bits per heavy atom. The molecular formula is C12H7F3N2O. The molecule has 0 unspecified atom stereocenters. The number of halogens is 3. The molecule has 1 aromatic carbocycles. The SMILES string of the molecule is O=Cc1ccccc1-c1ccnc(C(F)(F)F)n1. The Kier molecular flexibility index (Phi) is 3.10. The smallest absolute Gasteiger partial charge is 0.298 e. The lowest BCUT2D eigenvalue weighted by Crippen LogP contribution is -2.11. The Morgan fingerprint density at radius 2 is 1.83 bits per heavy atom. The number of alkyl halides is 3. The van der Waals surface area contributed by atoms with Gasteiger partial charge >= 0.3 is 6.18 Å². The maximum Gasteiger partial charge on any atom is 0.451 e. The quantitative estimate of drug-likeness (QED) is 0.771. The molecule has 2 aromatic rings. The van der Waals surface area contributed by atoms with Crippen LogP contribution in [0, 0.1) is 0 Å². The van der Waals surface area contributed by atoms with E-state index in [4.69, 9.17) is 0 Å². The van der Waals surface area contributed by atoms with Crippen LogP contribution in [0.1, 0.15) is 16.2 Å². The van der Waals surface area contributed by atoms with Crippen LogP contribution in [-0.4, -0.2) is 16.3 Å². The second kappa shape index (κ2) is 4.56. The number of carbonyl (C=O) groups excluding carboxylic acids is 1. The molecule has 92 valence electrons. The van der Waals surface area contributed by atoms with Crippen molar-refractivity contribution in [1.29, 1.82) is 0 Å². The van der Waals surface area contributed by atoms with Crippen molar-refractivity contribution in [2.24, 2.45) is 0 Å². The van der Waals surface area contributed by atoms with Gasteiger partial charge in [-0.25, -0.2) is 9.97 Å². The average Bonchev–Trinajstić information content (AvgIpc) is 2.38. The van der Waals surface area contributed by atoms with E-state index in [-0.39, 0.29) is 11.3 Å². The van der Waals surface area contributed by atoms with Gasteiger partial charge in [-0.05, 0) is 6.07 Å². The van der Waals surface area contributed by atoms with E-state index in [9.17, 15) is 18.0 Å². The fraction of sp³-hybridized carbons (Fsp3) is 0.0833. The standard InChI is InChI=1S/C12H7F3N2O/c13-12(14,15)11-16-6-5-10(17-11)9-4-2-1-3-8(9)7-18/h1-7H. The number of nitrogens with zero attached hydrogens (tertiary/aromatic N) is 2. The first-order valence-electron chi connectivity index (χ1n) is 4.97. The number of hydrogen-bond donors (Lipinski definition) is 0. The Balaban J connectivity index is 2.55. The van der Waals surface area contributed by atoms with Crippen molar-refractivity contribution in [2.75, 3.05) is 0 Å². The molecule has 0 saturated heterocycles. The third kappa shape index (κ3) is 2.37. The van der Waals surface area contributed by atoms with E-state index in [1.54, 1.807) is 12.1 Å². The van der Waals surface area contributed by atoms with Crippen LogP contribution >= 0.6 is 0 Å². The minimum atomic E-state index is -4.61. The zero-order valence-corrected chi connectivity index (χ0v) is 8.98. The monoisotopic (exact) mass is 252 g/mol. The fourth-order valence-corrected chi connectivity index (χ4v) is 1.48. The third-order valence-electron chi connectivity index (χ3n) is 2.27. The van der Waals surface area contributed by atoms with Gasteiger partial charge in [0.25, 0.3) is 0 Å². The van der Waals surface area contributed by atoms with Crippen molar-refractivity contribution in [2.45, 2.75) is 6.18 Å². The summed E-state index contributed by atoms with van der Waals surface area (Å²) in [5.41, 5.74) is 0.699. The Morgan fingerprint density at radius 3 is 2.50 bits per heavy atom. The fourth-order valence-electron chi connectivity index (χ4n) is 1.48. The van der Waals surface area contributed by atoms with Gasteiger partial charge in [0.1, 0.15) is 0 Å². The van der Waals surface area contributed by atoms with E-state index in [0.717, 1.165) is 6.20 Å². The number of benzene rings is 1. The molecule has 1 aromatic heterocycles. The summed E-state index contributed by atoms with van der Waals surface area (Å²) in [5.74, 6) is -1.22. The number of aromatic nitrogens is 2. The molecular weight excluding hydrogens is 245 g/mol. The molecule has 0 amide bonds. The molecule has 6 heteroatoms. The third-order valence-corrected chi connectivity index (χ3v) is 2.27. The summed E-state index contributed by atoms with van der Waals surface area (Å²) in [7, 11) is 0. The number of rotatable bonds is 2. The number of carbonyl (C=O) groups is 1. The van der Waals surface area contributed by atoms with E-state index in [1.807, 2.05) is 0 Å². The van der Waals surface area contributed by atoms with Gasteiger partial charge in [0.2, 0.25) is 5.82 Å². The predicted octanol–water partition coefficient (Wildman–Crippen LogP) is 2.97. The van der Waals surface area contributed by atoms with Crippen molar-refractivity contribution in [1.82, 2.24) is 9.97 Å². The zero-order valence-electron chi connectivity index (χ0n) is 8.98. The van der Waals surface area contributed by atoms with Crippen LogP contribution in [0.15, 0.2) is 36.5 Å². The van der Waals surface area contributed by atoms with E-state index in [0.29, 0.717) is 11.8 Å². The Labute approximate surface area is 100 Å². The molecule has 0 N–H and O–H groups in total. The van der Waals surface area contributed by atoms with Crippen molar-refractivity contribution in [3.05, 3.63) is 47.9 Å². The highest BCUT2D eigenvalue weighted by Crippen LogP contribution is 2.28. The van der Waals surface area contributed by atoms with Crippen molar-refractivity contribution in [3.8, 4) is 11.3 Å². The molecule has 0 saturated carbocycles. The van der Waals surface area contributed by atoms with E-state index >= 15 is 0 Å². The second-order valence-corrected chi connectivity index (χ2v) is 3.47. The van der Waals surface area contributed by atoms with Gasteiger partial charge in [-0.15, -0.1) is 0 Å². The molecule has 0 aliphatic carbocycles. The summed E-state index contributed by atoms with van der Waals surface area (Å²) >= 11 is 0. The summed E-state index contributed by atoms with van der Waals surface area (Å²) in [6.07, 6.45) is -3.01. The molecule has 3 nitrogen and oxygen atoms in total. The Bertz CT molecular complexity index is 582. The molecule has 0 radical (unpaired) electrons. The maximum atomic E-state index is 12.5. The number of hydrogen-bond acceptors (Lipinski definition) is 3. The average molecular weight is 252 g/mol. The first-order chi connectivity index (χ1) is 8.52. The molecule has 0 spiro atoms. The van der Waals surface area contributed by atoms with E-state index < -0.39 is 12.0 Å². The van der Waals surface area contributed by atoms with Crippen LogP contribution in [0.25, 0.3) is 11.3 Å². The van der Waals surface area contributed by atoms with Crippen LogP contribution in [0.3, 0.4) is 0 Å². The second-order valence-electron chi connectivity index (χ2n) is 3.47. The summed E-state index contributed by atoms with van der Waals surface area (Å²) in [4.78, 5) is 17.4. The highest BCUT2D eigenvalue weighted by molar-refractivity contribution is 5.86. The van der Waals surface area contributed by atoms with Crippen molar-refractivity contribution < 1.29 is 18.0 Å².